The van der Waals surface area contributed by atoms with Crippen molar-refractivity contribution in [3.63, 3.8) is 0 Å². The molecular weight excluding hydrogens is 338 g/mol. The number of guanidine groups is 1. The van der Waals surface area contributed by atoms with E-state index in [0.29, 0.717) is 6.54 Å². The predicted octanol–water partition coefficient (Wildman–Crippen LogP) is 2.16. The number of nitrogens with zero attached hydrogens (tertiary/aromatic N) is 3. The average molecular weight is 378 g/mol. The van der Waals surface area contributed by atoms with Gasteiger partial charge in [-0.2, -0.15) is 0 Å². The van der Waals surface area contributed by atoms with Crippen LogP contribution < -0.4 is 10.6 Å². The van der Waals surface area contributed by atoms with E-state index in [1.165, 1.54) is 11.1 Å². The van der Waals surface area contributed by atoms with Gasteiger partial charge in [0.05, 0.1) is 6.54 Å². The molecule has 0 bridgehead atoms. The zero-order chi connectivity index (χ0) is 19.9. The maximum Gasteiger partial charge on any atom is 0.191 e. The molecule has 1 rings (SSSR count). The first-order valence-electron chi connectivity index (χ1n) is 10.0. The standard InChI is InChI=1S/C21H39N5O/c1-6-22-21(23-12-14-26(4)13-9-15-27-5)24-17-19-10-8-11-20(16-19)18-25(3)7-2/h8,10-11,16H,6-7,9,12-15,17-18H2,1-5H3,(H2,22,23,24). The van der Waals surface area contributed by atoms with E-state index in [-0.39, 0.29) is 0 Å². The average Bonchev–Trinajstić information content (AvgIpc) is 2.66. The molecule has 0 spiro atoms. The first-order chi connectivity index (χ1) is 13.1. The van der Waals surface area contributed by atoms with Gasteiger partial charge in [-0.1, -0.05) is 31.2 Å². The third-order valence-corrected chi connectivity index (χ3v) is 4.42. The lowest BCUT2D eigenvalue weighted by molar-refractivity contribution is 0.180. The molecule has 0 aliphatic carbocycles. The van der Waals surface area contributed by atoms with Crippen molar-refractivity contribution in [3.05, 3.63) is 35.4 Å². The van der Waals surface area contributed by atoms with Gasteiger partial charge in [0.1, 0.15) is 0 Å². The van der Waals surface area contributed by atoms with Crippen LogP contribution in [-0.4, -0.2) is 76.3 Å². The second-order valence-corrected chi connectivity index (χ2v) is 6.92. The molecule has 0 radical (unpaired) electrons. The monoisotopic (exact) mass is 377 g/mol. The Hall–Kier alpha value is -1.63. The molecule has 27 heavy (non-hydrogen) atoms. The molecule has 6 heteroatoms. The van der Waals surface area contributed by atoms with E-state index >= 15 is 0 Å². The molecule has 2 N–H and O–H groups in total. The number of hydrogen-bond donors (Lipinski definition) is 2. The zero-order valence-electron chi connectivity index (χ0n) is 17.9. The van der Waals surface area contributed by atoms with Crippen molar-refractivity contribution in [1.29, 1.82) is 0 Å². The minimum atomic E-state index is 0.683. The topological polar surface area (TPSA) is 52.1 Å². The highest BCUT2D eigenvalue weighted by molar-refractivity contribution is 5.79. The molecule has 0 aliphatic heterocycles. The van der Waals surface area contributed by atoms with Crippen LogP contribution in [0.15, 0.2) is 29.3 Å². The molecule has 1 aromatic carbocycles. The molecule has 0 unspecified atom stereocenters. The molecule has 1 aromatic rings. The summed E-state index contributed by atoms with van der Waals surface area (Å²) in [6, 6.07) is 8.70. The molecule has 0 aliphatic rings. The molecule has 0 amide bonds. The summed E-state index contributed by atoms with van der Waals surface area (Å²) >= 11 is 0. The number of ether oxygens (including phenoxy) is 1. The van der Waals surface area contributed by atoms with Gasteiger partial charge in [0.15, 0.2) is 5.96 Å². The summed E-state index contributed by atoms with van der Waals surface area (Å²) in [4.78, 5) is 9.35. The van der Waals surface area contributed by atoms with Crippen LogP contribution in [0.25, 0.3) is 0 Å². The quantitative estimate of drug-likeness (QED) is 0.313. The number of likely N-dealkylation sites (N-methyl/N-ethyl adjacent to an activating group) is 1. The fraction of sp³-hybridized carbons (Fsp3) is 0.667. The minimum Gasteiger partial charge on any atom is -0.385 e. The maximum absolute atomic E-state index is 5.10. The zero-order valence-corrected chi connectivity index (χ0v) is 17.9. The molecule has 154 valence electrons. The van der Waals surface area contributed by atoms with Crippen molar-refractivity contribution >= 4 is 5.96 Å². The summed E-state index contributed by atoms with van der Waals surface area (Å²) in [5.74, 6) is 0.874. The van der Waals surface area contributed by atoms with Crippen molar-refractivity contribution in [2.75, 3.05) is 60.5 Å². The Morgan fingerprint density at radius 2 is 1.85 bits per heavy atom. The van der Waals surface area contributed by atoms with Crippen molar-refractivity contribution in [1.82, 2.24) is 20.4 Å². The number of nitrogens with one attached hydrogen (secondary N) is 2. The number of rotatable bonds is 13. The molecule has 0 saturated carbocycles. The van der Waals surface area contributed by atoms with Gasteiger partial charge in [-0.15, -0.1) is 0 Å². The highest BCUT2D eigenvalue weighted by atomic mass is 16.5. The number of benzene rings is 1. The molecule has 0 heterocycles. The Morgan fingerprint density at radius 3 is 2.56 bits per heavy atom. The van der Waals surface area contributed by atoms with Crippen LogP contribution >= 0.6 is 0 Å². The SMILES string of the molecule is CCNC(=NCc1cccc(CN(C)CC)c1)NCCN(C)CCCOC. The van der Waals surface area contributed by atoms with Crippen molar-refractivity contribution < 1.29 is 4.74 Å². The summed E-state index contributed by atoms with van der Waals surface area (Å²) in [5.41, 5.74) is 2.58. The summed E-state index contributed by atoms with van der Waals surface area (Å²) in [6.07, 6.45) is 1.06. The van der Waals surface area contributed by atoms with Gasteiger partial charge in [0, 0.05) is 46.4 Å². The van der Waals surface area contributed by atoms with E-state index in [1.54, 1.807) is 7.11 Å². The Labute approximate surface area is 166 Å². The van der Waals surface area contributed by atoms with Crippen LogP contribution in [-0.2, 0) is 17.8 Å². The molecular formula is C21H39N5O. The van der Waals surface area contributed by atoms with Gasteiger partial charge < -0.3 is 25.2 Å². The third kappa shape index (κ3) is 11.0. The smallest absolute Gasteiger partial charge is 0.191 e. The van der Waals surface area contributed by atoms with Gasteiger partial charge in [0.2, 0.25) is 0 Å². The summed E-state index contributed by atoms with van der Waals surface area (Å²) in [5, 5.41) is 6.75. The van der Waals surface area contributed by atoms with Gasteiger partial charge in [-0.25, -0.2) is 4.99 Å². The predicted molar refractivity (Wildman–Crippen MR) is 115 cm³/mol. The molecule has 6 nitrogen and oxygen atoms in total. The van der Waals surface area contributed by atoms with Crippen LogP contribution in [0.5, 0.6) is 0 Å². The lowest BCUT2D eigenvalue weighted by Gasteiger charge is -2.18. The highest BCUT2D eigenvalue weighted by Crippen LogP contribution is 2.08. The number of aliphatic imine (C=N–C) groups is 1. The van der Waals surface area contributed by atoms with E-state index in [4.69, 9.17) is 9.73 Å². The Morgan fingerprint density at radius 1 is 1.07 bits per heavy atom. The minimum absolute atomic E-state index is 0.683. The van der Waals surface area contributed by atoms with Crippen LogP contribution in [0.1, 0.15) is 31.4 Å². The van der Waals surface area contributed by atoms with E-state index in [0.717, 1.165) is 58.3 Å². The normalized spacial score (nSPS) is 12.0. The van der Waals surface area contributed by atoms with Gasteiger partial charge in [-0.05, 0) is 45.1 Å². The second kappa shape index (κ2) is 14.4. The molecule has 0 atom stereocenters. The lowest BCUT2D eigenvalue weighted by Crippen LogP contribution is -2.41. The van der Waals surface area contributed by atoms with Crippen LogP contribution in [0.2, 0.25) is 0 Å². The first-order valence-corrected chi connectivity index (χ1v) is 10.0. The van der Waals surface area contributed by atoms with Crippen molar-refractivity contribution in [2.24, 2.45) is 4.99 Å². The Bertz CT molecular complexity index is 535. The summed E-state index contributed by atoms with van der Waals surface area (Å²) in [7, 11) is 6.03. The molecule has 0 saturated heterocycles. The fourth-order valence-corrected chi connectivity index (χ4v) is 2.72. The lowest BCUT2D eigenvalue weighted by atomic mass is 10.1. The third-order valence-electron chi connectivity index (χ3n) is 4.42. The van der Waals surface area contributed by atoms with E-state index in [1.807, 2.05) is 0 Å². The maximum atomic E-state index is 5.10. The Balaban J connectivity index is 2.49. The molecule has 0 fully saturated rings. The summed E-state index contributed by atoms with van der Waals surface area (Å²) < 4.78 is 5.10. The van der Waals surface area contributed by atoms with Crippen LogP contribution in [0, 0.1) is 0 Å². The first kappa shape index (κ1) is 23.4. The van der Waals surface area contributed by atoms with E-state index < -0.39 is 0 Å². The Kier molecular flexibility index (Phi) is 12.5. The van der Waals surface area contributed by atoms with Crippen molar-refractivity contribution in [3.8, 4) is 0 Å². The van der Waals surface area contributed by atoms with Crippen LogP contribution in [0.4, 0.5) is 0 Å². The van der Waals surface area contributed by atoms with Gasteiger partial charge in [-0.3, -0.25) is 0 Å². The number of hydrogen-bond acceptors (Lipinski definition) is 4. The second-order valence-electron chi connectivity index (χ2n) is 6.92. The van der Waals surface area contributed by atoms with E-state index in [9.17, 15) is 0 Å². The van der Waals surface area contributed by atoms with Crippen LogP contribution in [0.3, 0.4) is 0 Å². The fourth-order valence-electron chi connectivity index (χ4n) is 2.72. The molecule has 0 aromatic heterocycles. The number of methoxy groups -OCH3 is 1. The largest absolute Gasteiger partial charge is 0.385 e. The van der Waals surface area contributed by atoms with Gasteiger partial charge in [0.25, 0.3) is 0 Å². The van der Waals surface area contributed by atoms with E-state index in [2.05, 4.69) is 72.6 Å². The summed E-state index contributed by atoms with van der Waals surface area (Å²) in [6.45, 7) is 11.5. The van der Waals surface area contributed by atoms with Crippen molar-refractivity contribution in [2.45, 2.75) is 33.4 Å². The highest BCUT2D eigenvalue weighted by Gasteiger charge is 2.02. The van der Waals surface area contributed by atoms with Gasteiger partial charge >= 0.3 is 0 Å².